The lowest BCUT2D eigenvalue weighted by Crippen LogP contribution is -2.52. The van der Waals surface area contributed by atoms with Gasteiger partial charge in [0, 0.05) is 25.2 Å². The number of hydrogen-bond acceptors (Lipinski definition) is 5. The molecule has 0 unspecified atom stereocenters. The molecule has 1 aromatic carbocycles. The van der Waals surface area contributed by atoms with Crippen molar-refractivity contribution in [2.24, 2.45) is 17.6 Å². The van der Waals surface area contributed by atoms with Gasteiger partial charge in [-0.2, -0.15) is 4.68 Å². The second-order valence-corrected chi connectivity index (χ2v) is 8.47. The van der Waals surface area contributed by atoms with Gasteiger partial charge in [0.1, 0.15) is 5.82 Å². The number of rotatable bonds is 3. The zero-order valence-electron chi connectivity index (χ0n) is 16.4. The highest BCUT2D eigenvalue weighted by atomic mass is 35.5. The smallest absolute Gasteiger partial charge is 0.350 e. The van der Waals surface area contributed by atoms with Gasteiger partial charge in [0.2, 0.25) is 0 Å². The van der Waals surface area contributed by atoms with E-state index in [0.717, 1.165) is 25.3 Å². The third kappa shape index (κ3) is 3.41. The van der Waals surface area contributed by atoms with Gasteiger partial charge in [-0.25, -0.2) is 9.18 Å². The van der Waals surface area contributed by atoms with E-state index in [9.17, 15) is 9.59 Å². The molecule has 1 aromatic heterocycles. The van der Waals surface area contributed by atoms with Crippen LogP contribution in [0.2, 0.25) is 5.02 Å². The van der Waals surface area contributed by atoms with E-state index in [1.807, 2.05) is 4.90 Å². The van der Waals surface area contributed by atoms with Gasteiger partial charge in [-0.1, -0.05) is 31.9 Å². The number of fused-ring (bicyclic) bond motifs is 1. The van der Waals surface area contributed by atoms with Crippen LogP contribution >= 0.6 is 24.0 Å². The van der Waals surface area contributed by atoms with Crippen molar-refractivity contribution < 1.29 is 4.39 Å². The Hall–Kier alpha value is -1.77. The molecule has 29 heavy (non-hydrogen) atoms. The molecule has 160 valence electrons. The minimum Gasteiger partial charge on any atom is -0.366 e. The normalized spacial score (nSPS) is 24.6. The molecule has 2 aliphatic rings. The van der Waals surface area contributed by atoms with Crippen LogP contribution in [0.15, 0.2) is 15.7 Å². The SMILES string of the molecule is CC[C@@H]1[C@H](C)CN(c2c(F)cc3c(=O)n(N)c(=O)n(C4CC4)c3c2Cl)C[C@H]1N.Cl. The lowest BCUT2D eigenvalue weighted by Gasteiger charge is -2.42. The van der Waals surface area contributed by atoms with Crippen LogP contribution in [-0.2, 0) is 0 Å². The Morgan fingerprint density at radius 1 is 1.28 bits per heavy atom. The minimum atomic E-state index is -0.751. The van der Waals surface area contributed by atoms with E-state index in [4.69, 9.17) is 23.2 Å². The fourth-order valence-electron chi connectivity index (χ4n) is 4.64. The van der Waals surface area contributed by atoms with Crippen LogP contribution in [0, 0.1) is 17.7 Å². The lowest BCUT2D eigenvalue weighted by atomic mass is 9.81. The number of halogens is 3. The number of nitrogens with zero attached hydrogens (tertiary/aromatic N) is 3. The first-order valence-electron chi connectivity index (χ1n) is 9.71. The van der Waals surface area contributed by atoms with E-state index < -0.39 is 17.1 Å². The van der Waals surface area contributed by atoms with Gasteiger partial charge < -0.3 is 16.5 Å². The minimum absolute atomic E-state index is 0. The summed E-state index contributed by atoms with van der Waals surface area (Å²) < 4.78 is 17.1. The number of aromatic nitrogens is 2. The van der Waals surface area contributed by atoms with E-state index in [-0.39, 0.29) is 52.0 Å². The first-order chi connectivity index (χ1) is 13.3. The average molecular weight is 446 g/mol. The summed E-state index contributed by atoms with van der Waals surface area (Å²) in [6, 6.07) is 0.957. The molecule has 10 heteroatoms. The van der Waals surface area contributed by atoms with E-state index in [2.05, 4.69) is 13.8 Å². The Bertz CT molecular complexity index is 1050. The van der Waals surface area contributed by atoms with E-state index >= 15 is 4.39 Å². The number of nitrogens with two attached hydrogens (primary N) is 2. The Kier molecular flexibility index (Phi) is 5.91. The molecule has 0 spiro atoms. The summed E-state index contributed by atoms with van der Waals surface area (Å²) in [6.45, 7) is 5.27. The average Bonchev–Trinajstić information content (AvgIpc) is 3.46. The highest BCUT2D eigenvalue weighted by Crippen LogP contribution is 2.42. The van der Waals surface area contributed by atoms with Crippen molar-refractivity contribution in [1.82, 2.24) is 9.24 Å². The summed E-state index contributed by atoms with van der Waals surface area (Å²) in [7, 11) is 0. The number of benzene rings is 1. The highest BCUT2D eigenvalue weighted by molar-refractivity contribution is 6.38. The molecular formula is C19H26Cl2FN5O2. The zero-order chi connectivity index (χ0) is 20.3. The van der Waals surface area contributed by atoms with Crippen molar-refractivity contribution in [2.45, 2.75) is 45.2 Å². The predicted octanol–water partition coefficient (Wildman–Crippen LogP) is 2.24. The quantitative estimate of drug-likeness (QED) is 0.705. The van der Waals surface area contributed by atoms with Gasteiger partial charge in [-0.15, -0.1) is 12.4 Å². The monoisotopic (exact) mass is 445 g/mol. The number of piperidine rings is 1. The maximum atomic E-state index is 15.1. The van der Waals surface area contributed by atoms with Gasteiger partial charge in [0.15, 0.2) is 0 Å². The third-order valence-corrected chi connectivity index (χ3v) is 6.55. The van der Waals surface area contributed by atoms with Crippen molar-refractivity contribution in [2.75, 3.05) is 23.8 Å². The number of anilines is 1. The molecule has 1 saturated carbocycles. The van der Waals surface area contributed by atoms with Crippen molar-refractivity contribution in [3.63, 3.8) is 0 Å². The topological polar surface area (TPSA) is 99.3 Å². The molecule has 1 aliphatic heterocycles. The van der Waals surface area contributed by atoms with Crippen LogP contribution in [-0.4, -0.2) is 28.4 Å². The second-order valence-electron chi connectivity index (χ2n) is 8.09. The Morgan fingerprint density at radius 3 is 2.48 bits per heavy atom. The third-order valence-electron chi connectivity index (χ3n) is 6.19. The standard InChI is InChI=1S/C19H25ClFN5O2.ClH/c1-3-11-9(2)7-24(8-14(11)22)17-13(21)6-12-16(15(17)20)25(10-4-5-10)19(28)26(23)18(12)27;/h6,9-11,14H,3-5,7-8,22-23H2,1-2H3;1H/t9-,11-,14-;/m1./s1. The molecule has 4 rings (SSSR count). The van der Waals surface area contributed by atoms with Crippen molar-refractivity contribution in [3.05, 3.63) is 37.7 Å². The fraction of sp³-hybridized carbons (Fsp3) is 0.579. The Balaban J connectivity index is 0.00000240. The largest absolute Gasteiger partial charge is 0.366 e. The molecule has 4 N–H and O–H groups in total. The number of hydrogen-bond donors (Lipinski definition) is 2. The van der Waals surface area contributed by atoms with Crippen molar-refractivity contribution >= 4 is 40.6 Å². The van der Waals surface area contributed by atoms with Gasteiger partial charge in [0.25, 0.3) is 5.56 Å². The van der Waals surface area contributed by atoms with Crippen molar-refractivity contribution in [1.29, 1.82) is 0 Å². The molecule has 3 atom stereocenters. The van der Waals surface area contributed by atoms with Crippen LogP contribution in [0.25, 0.3) is 10.9 Å². The first kappa shape index (κ1) is 21.9. The van der Waals surface area contributed by atoms with Crippen LogP contribution in [0.1, 0.15) is 39.2 Å². The molecule has 1 aliphatic carbocycles. The van der Waals surface area contributed by atoms with Crippen LogP contribution in [0.5, 0.6) is 0 Å². The van der Waals surface area contributed by atoms with Gasteiger partial charge in [0.05, 0.1) is 21.6 Å². The second kappa shape index (κ2) is 7.81. The molecule has 0 amide bonds. The summed E-state index contributed by atoms with van der Waals surface area (Å²) in [5.41, 5.74) is 5.43. The summed E-state index contributed by atoms with van der Waals surface area (Å²) in [5.74, 6) is 5.65. The maximum absolute atomic E-state index is 15.1. The molecule has 2 fully saturated rings. The van der Waals surface area contributed by atoms with Crippen LogP contribution < -0.4 is 27.7 Å². The van der Waals surface area contributed by atoms with Crippen LogP contribution in [0.4, 0.5) is 10.1 Å². The highest BCUT2D eigenvalue weighted by Gasteiger charge is 2.35. The summed E-state index contributed by atoms with van der Waals surface area (Å²) in [4.78, 5) is 26.9. The molecular weight excluding hydrogens is 420 g/mol. The molecule has 0 radical (unpaired) electrons. The summed E-state index contributed by atoms with van der Waals surface area (Å²) in [5, 5.41) is 0.0899. The lowest BCUT2D eigenvalue weighted by molar-refractivity contribution is 0.253. The first-order valence-corrected chi connectivity index (χ1v) is 10.1. The molecule has 0 bridgehead atoms. The maximum Gasteiger partial charge on any atom is 0.350 e. The van der Waals surface area contributed by atoms with E-state index in [0.29, 0.717) is 23.7 Å². The Labute approximate surface area is 178 Å². The molecule has 7 nitrogen and oxygen atoms in total. The van der Waals surface area contributed by atoms with Crippen LogP contribution in [0.3, 0.4) is 0 Å². The van der Waals surface area contributed by atoms with E-state index in [1.54, 1.807) is 0 Å². The van der Waals surface area contributed by atoms with Gasteiger partial charge in [-0.05, 0) is 30.7 Å². The summed E-state index contributed by atoms with van der Waals surface area (Å²) in [6.07, 6.45) is 2.54. The summed E-state index contributed by atoms with van der Waals surface area (Å²) >= 11 is 6.65. The zero-order valence-corrected chi connectivity index (χ0v) is 18.0. The number of nitrogen functional groups attached to an aromatic ring is 1. The van der Waals surface area contributed by atoms with E-state index in [1.165, 1.54) is 4.57 Å². The predicted molar refractivity (Wildman–Crippen MR) is 116 cm³/mol. The molecule has 1 saturated heterocycles. The molecule has 2 aromatic rings. The fourth-order valence-corrected chi connectivity index (χ4v) is 5.05. The van der Waals surface area contributed by atoms with Gasteiger partial charge in [-0.3, -0.25) is 9.36 Å². The van der Waals surface area contributed by atoms with Gasteiger partial charge >= 0.3 is 5.69 Å². The Morgan fingerprint density at radius 2 is 1.93 bits per heavy atom. The van der Waals surface area contributed by atoms with Crippen molar-refractivity contribution in [3.8, 4) is 0 Å². The molecule has 2 heterocycles.